The Bertz CT molecular complexity index is 538. The fourth-order valence-electron chi connectivity index (χ4n) is 1.39. The van der Waals surface area contributed by atoms with Crippen molar-refractivity contribution in [2.24, 2.45) is 0 Å². The molecule has 4 nitrogen and oxygen atoms in total. The number of nitrogens with one attached hydrogen (secondary N) is 3. The van der Waals surface area contributed by atoms with Gasteiger partial charge in [-0.05, 0) is 51.2 Å². The van der Waals surface area contributed by atoms with E-state index in [2.05, 4.69) is 16.2 Å². The second-order valence-electron chi connectivity index (χ2n) is 5.36. The van der Waals surface area contributed by atoms with Crippen molar-refractivity contribution in [3.8, 4) is 0 Å². The van der Waals surface area contributed by atoms with Gasteiger partial charge in [0.25, 0.3) is 5.91 Å². The number of halogens is 3. The largest absolute Gasteiger partial charge is 0.416 e. The van der Waals surface area contributed by atoms with Gasteiger partial charge in [0.05, 0.1) is 5.56 Å². The summed E-state index contributed by atoms with van der Waals surface area (Å²) in [6, 6.07) is 4.13. The van der Waals surface area contributed by atoms with Gasteiger partial charge in [-0.1, -0.05) is 6.07 Å². The maximum atomic E-state index is 12.6. The van der Waals surface area contributed by atoms with Crippen LogP contribution >= 0.6 is 12.2 Å². The first kappa shape index (κ1) is 17.2. The number of hydrogen-bond donors (Lipinski definition) is 3. The summed E-state index contributed by atoms with van der Waals surface area (Å²) in [6.45, 7) is 5.61. The molecule has 1 aromatic carbocycles. The van der Waals surface area contributed by atoms with Gasteiger partial charge in [-0.3, -0.25) is 15.6 Å². The first-order valence-corrected chi connectivity index (χ1v) is 6.45. The van der Waals surface area contributed by atoms with Crippen LogP contribution in [0.5, 0.6) is 0 Å². The van der Waals surface area contributed by atoms with Crippen LogP contribution in [0.1, 0.15) is 36.7 Å². The van der Waals surface area contributed by atoms with Crippen LogP contribution in [-0.2, 0) is 6.18 Å². The predicted octanol–water partition coefficient (Wildman–Crippen LogP) is 2.61. The molecule has 21 heavy (non-hydrogen) atoms. The van der Waals surface area contributed by atoms with Crippen molar-refractivity contribution in [1.29, 1.82) is 0 Å². The highest BCUT2D eigenvalue weighted by Gasteiger charge is 2.30. The highest BCUT2D eigenvalue weighted by molar-refractivity contribution is 7.80. The zero-order valence-corrected chi connectivity index (χ0v) is 12.6. The van der Waals surface area contributed by atoms with E-state index in [1.54, 1.807) is 0 Å². The van der Waals surface area contributed by atoms with Crippen LogP contribution in [-0.4, -0.2) is 16.6 Å². The summed E-state index contributed by atoms with van der Waals surface area (Å²) >= 11 is 4.94. The summed E-state index contributed by atoms with van der Waals surface area (Å²) in [6.07, 6.45) is -4.49. The molecular formula is C13H16F3N3OS. The highest BCUT2D eigenvalue weighted by atomic mass is 32.1. The molecule has 0 saturated carbocycles. The second-order valence-corrected chi connectivity index (χ2v) is 5.77. The van der Waals surface area contributed by atoms with E-state index in [-0.39, 0.29) is 16.2 Å². The highest BCUT2D eigenvalue weighted by Crippen LogP contribution is 2.29. The number of hydrogen-bond acceptors (Lipinski definition) is 2. The zero-order chi connectivity index (χ0) is 16.3. The molecule has 0 unspecified atom stereocenters. The van der Waals surface area contributed by atoms with Crippen molar-refractivity contribution in [2.45, 2.75) is 32.5 Å². The number of benzene rings is 1. The zero-order valence-electron chi connectivity index (χ0n) is 11.8. The first-order valence-electron chi connectivity index (χ1n) is 6.05. The molecule has 0 aliphatic rings. The molecule has 0 heterocycles. The van der Waals surface area contributed by atoms with Crippen molar-refractivity contribution >= 4 is 23.2 Å². The Kier molecular flexibility index (Phi) is 5.16. The average molecular weight is 319 g/mol. The fraction of sp³-hybridized carbons (Fsp3) is 0.385. The lowest BCUT2D eigenvalue weighted by Crippen LogP contribution is -2.52. The van der Waals surface area contributed by atoms with Crippen LogP contribution in [0.3, 0.4) is 0 Å². The molecule has 116 valence electrons. The minimum absolute atomic E-state index is 0.115. The van der Waals surface area contributed by atoms with E-state index in [1.165, 1.54) is 12.1 Å². The molecule has 1 aromatic rings. The maximum Gasteiger partial charge on any atom is 0.416 e. The summed E-state index contributed by atoms with van der Waals surface area (Å²) in [5, 5.41) is 3.06. The third-order valence-electron chi connectivity index (χ3n) is 2.23. The standard InChI is InChI=1S/C13H16F3N3OS/c1-12(2,3)17-11(21)19-18-10(20)8-5-4-6-9(7-8)13(14,15)16/h4-7H,1-3H3,(H,18,20)(H2,17,19,21). The molecule has 3 N–H and O–H groups in total. The van der Waals surface area contributed by atoms with Crippen molar-refractivity contribution in [3.05, 3.63) is 35.4 Å². The molecule has 0 aromatic heterocycles. The van der Waals surface area contributed by atoms with E-state index in [0.29, 0.717) is 0 Å². The lowest BCUT2D eigenvalue weighted by atomic mass is 10.1. The molecular weight excluding hydrogens is 303 g/mol. The van der Waals surface area contributed by atoms with Gasteiger partial charge in [-0.25, -0.2) is 0 Å². The van der Waals surface area contributed by atoms with E-state index in [4.69, 9.17) is 12.2 Å². The normalized spacial score (nSPS) is 11.7. The van der Waals surface area contributed by atoms with Gasteiger partial charge in [0.15, 0.2) is 5.11 Å². The van der Waals surface area contributed by atoms with E-state index in [1.807, 2.05) is 20.8 Å². The van der Waals surface area contributed by atoms with Gasteiger partial charge in [-0.15, -0.1) is 0 Å². The number of amides is 1. The Morgan fingerprint density at radius 3 is 2.29 bits per heavy atom. The number of alkyl halides is 3. The Morgan fingerprint density at radius 1 is 1.14 bits per heavy atom. The maximum absolute atomic E-state index is 12.6. The Balaban J connectivity index is 2.67. The van der Waals surface area contributed by atoms with Crippen LogP contribution in [0.4, 0.5) is 13.2 Å². The Morgan fingerprint density at radius 2 is 1.76 bits per heavy atom. The molecule has 0 saturated heterocycles. The van der Waals surface area contributed by atoms with Crippen molar-refractivity contribution in [1.82, 2.24) is 16.2 Å². The summed E-state index contributed by atoms with van der Waals surface area (Å²) < 4.78 is 37.7. The fourth-order valence-corrected chi connectivity index (χ4v) is 1.75. The summed E-state index contributed by atoms with van der Waals surface area (Å²) in [5.41, 5.74) is 3.38. The van der Waals surface area contributed by atoms with Crippen molar-refractivity contribution < 1.29 is 18.0 Å². The third-order valence-corrected chi connectivity index (χ3v) is 2.43. The summed E-state index contributed by atoms with van der Waals surface area (Å²) in [4.78, 5) is 11.8. The average Bonchev–Trinajstić information content (AvgIpc) is 2.33. The number of rotatable bonds is 1. The molecule has 0 atom stereocenters. The monoisotopic (exact) mass is 319 g/mol. The molecule has 8 heteroatoms. The van der Waals surface area contributed by atoms with Gasteiger partial charge in [0.1, 0.15) is 0 Å². The number of carbonyl (C=O) groups excluding carboxylic acids is 1. The SMILES string of the molecule is CC(C)(C)NC(=S)NNC(=O)c1cccc(C(F)(F)F)c1. The summed E-state index contributed by atoms with van der Waals surface area (Å²) in [5.74, 6) is -0.709. The quantitative estimate of drug-likeness (QED) is 0.550. The number of hydrazine groups is 1. The predicted molar refractivity (Wildman–Crippen MR) is 77.5 cm³/mol. The molecule has 0 radical (unpaired) electrons. The molecule has 0 aliphatic carbocycles. The molecule has 0 fully saturated rings. The Hall–Kier alpha value is -1.83. The molecule has 0 spiro atoms. The van der Waals surface area contributed by atoms with Gasteiger partial charge in [-0.2, -0.15) is 13.2 Å². The first-order chi connectivity index (χ1) is 9.49. The topological polar surface area (TPSA) is 53.2 Å². The minimum Gasteiger partial charge on any atom is -0.357 e. The lowest BCUT2D eigenvalue weighted by Gasteiger charge is -2.23. The van der Waals surface area contributed by atoms with Crippen molar-refractivity contribution in [2.75, 3.05) is 0 Å². The summed E-state index contributed by atoms with van der Waals surface area (Å²) in [7, 11) is 0. The van der Waals surface area contributed by atoms with Gasteiger partial charge in [0, 0.05) is 11.1 Å². The molecule has 0 aliphatic heterocycles. The van der Waals surface area contributed by atoms with E-state index in [9.17, 15) is 18.0 Å². The van der Waals surface area contributed by atoms with Crippen LogP contribution in [0.25, 0.3) is 0 Å². The van der Waals surface area contributed by atoms with Crippen molar-refractivity contribution in [3.63, 3.8) is 0 Å². The second kappa shape index (κ2) is 6.30. The third kappa shape index (κ3) is 5.99. The van der Waals surface area contributed by atoms with Crippen LogP contribution in [0.2, 0.25) is 0 Å². The smallest absolute Gasteiger partial charge is 0.357 e. The van der Waals surface area contributed by atoms with Crippen LogP contribution in [0.15, 0.2) is 24.3 Å². The number of carbonyl (C=O) groups is 1. The number of thiocarbonyl (C=S) groups is 1. The minimum atomic E-state index is -4.49. The lowest BCUT2D eigenvalue weighted by molar-refractivity contribution is -0.137. The van der Waals surface area contributed by atoms with E-state index < -0.39 is 17.6 Å². The van der Waals surface area contributed by atoms with Gasteiger partial charge in [0.2, 0.25) is 0 Å². The van der Waals surface area contributed by atoms with Gasteiger partial charge >= 0.3 is 6.18 Å². The molecule has 0 bridgehead atoms. The molecule has 1 rings (SSSR count). The van der Waals surface area contributed by atoms with Crippen LogP contribution < -0.4 is 16.2 Å². The van der Waals surface area contributed by atoms with Crippen LogP contribution in [0, 0.1) is 0 Å². The van der Waals surface area contributed by atoms with E-state index >= 15 is 0 Å². The van der Waals surface area contributed by atoms with Gasteiger partial charge < -0.3 is 5.32 Å². The Labute approximate surface area is 126 Å². The van der Waals surface area contributed by atoms with E-state index in [0.717, 1.165) is 12.1 Å². The molecule has 1 amide bonds.